The van der Waals surface area contributed by atoms with Crippen molar-refractivity contribution in [3.05, 3.63) is 52.2 Å². The first-order chi connectivity index (χ1) is 17.0. The Labute approximate surface area is 203 Å². The summed E-state index contributed by atoms with van der Waals surface area (Å²) in [6.45, 7) is 3.86. The van der Waals surface area contributed by atoms with Crippen molar-refractivity contribution in [2.24, 2.45) is 5.92 Å². The minimum Gasteiger partial charge on any atom is -0.496 e. The van der Waals surface area contributed by atoms with Crippen LogP contribution in [0.4, 0.5) is 0 Å². The molecule has 6 nitrogen and oxygen atoms in total. The minimum absolute atomic E-state index is 0.187. The second-order valence-corrected chi connectivity index (χ2v) is 10.5. The SMILES string of the molecule is [2H]C([2H])([2H])N(C(=O)c1nc(-c2cccs2)n2c1CCc1cc(OC)c(CC(C)C)cc1-2)C1(C)COC1. The Morgan fingerprint density at radius 1 is 1.39 bits per heavy atom. The van der Waals surface area contributed by atoms with Gasteiger partial charge < -0.3 is 14.4 Å². The third-order valence-corrected chi connectivity index (χ3v) is 7.33. The van der Waals surface area contributed by atoms with Gasteiger partial charge >= 0.3 is 0 Å². The van der Waals surface area contributed by atoms with Crippen LogP contribution < -0.4 is 4.74 Å². The summed E-state index contributed by atoms with van der Waals surface area (Å²) in [5.74, 6) is 1.39. The summed E-state index contributed by atoms with van der Waals surface area (Å²) < 4.78 is 37.5. The maximum absolute atomic E-state index is 13.9. The van der Waals surface area contributed by atoms with E-state index in [-0.39, 0.29) is 18.9 Å². The van der Waals surface area contributed by atoms with Crippen LogP contribution in [0.2, 0.25) is 0 Å². The van der Waals surface area contributed by atoms with Crippen molar-refractivity contribution in [1.82, 2.24) is 14.5 Å². The van der Waals surface area contributed by atoms with Gasteiger partial charge in [0.2, 0.25) is 0 Å². The van der Waals surface area contributed by atoms with Gasteiger partial charge in [0.1, 0.15) is 5.75 Å². The Bertz CT molecular complexity index is 1290. The van der Waals surface area contributed by atoms with E-state index in [2.05, 4.69) is 30.5 Å². The van der Waals surface area contributed by atoms with E-state index in [1.54, 1.807) is 25.4 Å². The van der Waals surface area contributed by atoms with Gasteiger partial charge in [0.25, 0.3) is 5.91 Å². The number of likely N-dealkylation sites (N-methyl/N-ethyl adjacent to an activating group) is 1. The summed E-state index contributed by atoms with van der Waals surface area (Å²) in [5.41, 5.74) is 3.24. The van der Waals surface area contributed by atoms with Crippen molar-refractivity contribution < 1.29 is 18.4 Å². The number of rotatable bonds is 6. The molecule has 0 aliphatic carbocycles. The van der Waals surface area contributed by atoms with Crippen LogP contribution in [0, 0.1) is 5.92 Å². The number of hydrogen-bond acceptors (Lipinski definition) is 5. The number of carbonyl (C=O) groups excluding carboxylic acids is 1. The highest BCUT2D eigenvalue weighted by atomic mass is 32.1. The van der Waals surface area contributed by atoms with Crippen LogP contribution in [-0.2, 0) is 24.0 Å². The molecule has 2 aromatic heterocycles. The Morgan fingerprint density at radius 2 is 2.21 bits per heavy atom. The Balaban J connectivity index is 1.71. The van der Waals surface area contributed by atoms with E-state index in [1.165, 1.54) is 0 Å². The van der Waals surface area contributed by atoms with E-state index < -0.39 is 18.4 Å². The first kappa shape index (κ1) is 18.7. The standard InChI is InChI=1S/C26H31N3O3S/c1-16(2)11-18-12-20-17(13-21(18)31-5)8-9-19-23(25(30)28(4)26(3)14-32-15-26)27-24(29(19)20)22-7-6-10-33-22/h6-7,10,12-13,16H,8-9,11,14-15H2,1-5H3/i4D3. The Kier molecular flexibility index (Phi) is 4.71. The highest BCUT2D eigenvalue weighted by Gasteiger charge is 2.42. The number of imidazole rings is 1. The molecule has 0 N–H and O–H groups in total. The number of carbonyl (C=O) groups is 1. The van der Waals surface area contributed by atoms with Crippen LogP contribution in [0.1, 0.15) is 52.2 Å². The highest BCUT2D eigenvalue weighted by Crippen LogP contribution is 2.39. The summed E-state index contributed by atoms with van der Waals surface area (Å²) in [6, 6.07) is 8.17. The zero-order valence-corrected chi connectivity index (χ0v) is 20.3. The molecule has 5 rings (SSSR count). The molecule has 0 radical (unpaired) electrons. The second kappa shape index (κ2) is 8.29. The molecule has 0 saturated carbocycles. The van der Waals surface area contributed by atoms with Gasteiger partial charge in [-0.05, 0) is 66.8 Å². The predicted molar refractivity (Wildman–Crippen MR) is 131 cm³/mol. The van der Waals surface area contributed by atoms with Crippen LogP contribution in [0.15, 0.2) is 29.6 Å². The van der Waals surface area contributed by atoms with Crippen molar-refractivity contribution in [2.75, 3.05) is 27.3 Å². The first-order valence-corrected chi connectivity index (χ1v) is 12.2. The van der Waals surface area contributed by atoms with E-state index in [0.717, 1.165) is 44.5 Å². The van der Waals surface area contributed by atoms with Crippen molar-refractivity contribution in [3.63, 3.8) is 0 Å². The molecule has 0 bridgehead atoms. The van der Waals surface area contributed by atoms with Crippen LogP contribution in [0.3, 0.4) is 0 Å². The largest absolute Gasteiger partial charge is 0.496 e. The van der Waals surface area contributed by atoms with Crippen molar-refractivity contribution in [1.29, 1.82) is 0 Å². The van der Waals surface area contributed by atoms with E-state index in [1.807, 2.05) is 17.5 Å². The predicted octanol–water partition coefficient (Wildman–Crippen LogP) is 4.77. The molecule has 174 valence electrons. The molecule has 0 spiro atoms. The lowest BCUT2D eigenvalue weighted by Crippen LogP contribution is -2.60. The zero-order chi connectivity index (χ0) is 25.8. The van der Waals surface area contributed by atoms with Crippen LogP contribution >= 0.6 is 11.3 Å². The lowest BCUT2D eigenvalue weighted by Gasteiger charge is -2.45. The fourth-order valence-electron chi connectivity index (χ4n) is 4.67. The molecular weight excluding hydrogens is 434 g/mol. The number of benzene rings is 1. The highest BCUT2D eigenvalue weighted by molar-refractivity contribution is 7.13. The molecule has 4 heterocycles. The molecular formula is C26H31N3O3S. The lowest BCUT2D eigenvalue weighted by atomic mass is 9.94. The maximum atomic E-state index is 13.9. The van der Waals surface area contributed by atoms with E-state index in [0.29, 0.717) is 24.6 Å². The Hall–Kier alpha value is -2.64. The fraction of sp³-hybridized carbons (Fsp3) is 0.462. The number of nitrogens with zero attached hydrogens (tertiary/aromatic N) is 3. The topological polar surface area (TPSA) is 56.6 Å². The third kappa shape index (κ3) is 3.67. The fourth-order valence-corrected chi connectivity index (χ4v) is 5.37. The van der Waals surface area contributed by atoms with E-state index in [4.69, 9.17) is 18.6 Å². The van der Waals surface area contributed by atoms with E-state index >= 15 is 0 Å². The van der Waals surface area contributed by atoms with Gasteiger partial charge in [-0.1, -0.05) is 19.9 Å². The minimum atomic E-state index is -2.61. The molecule has 0 atom stereocenters. The summed E-state index contributed by atoms with van der Waals surface area (Å²) in [5, 5.41) is 1.97. The number of fused-ring (bicyclic) bond motifs is 3. The number of methoxy groups -OCH3 is 1. The summed E-state index contributed by atoms with van der Waals surface area (Å²) in [7, 11) is 1.69. The zero-order valence-electron chi connectivity index (χ0n) is 22.5. The molecule has 1 amide bonds. The van der Waals surface area contributed by atoms with E-state index in [9.17, 15) is 4.79 Å². The Morgan fingerprint density at radius 3 is 2.82 bits per heavy atom. The lowest BCUT2D eigenvalue weighted by molar-refractivity contribution is -0.108. The summed E-state index contributed by atoms with van der Waals surface area (Å²) in [4.78, 5) is 20.7. The second-order valence-electron chi connectivity index (χ2n) is 9.56. The molecule has 33 heavy (non-hydrogen) atoms. The number of aromatic nitrogens is 2. The number of amides is 1. The van der Waals surface area contributed by atoms with Crippen molar-refractivity contribution >= 4 is 17.2 Å². The molecule has 7 heteroatoms. The smallest absolute Gasteiger partial charge is 0.274 e. The van der Waals surface area contributed by atoms with Crippen LogP contribution in [-0.4, -0.2) is 53.2 Å². The monoisotopic (exact) mass is 468 g/mol. The van der Waals surface area contributed by atoms with Gasteiger partial charge in [0.15, 0.2) is 11.5 Å². The number of aryl methyl sites for hydroxylation is 1. The average Bonchev–Trinajstić information content (AvgIpc) is 3.44. The first-order valence-electron chi connectivity index (χ1n) is 12.8. The van der Waals surface area contributed by atoms with Gasteiger partial charge in [-0.2, -0.15) is 0 Å². The van der Waals surface area contributed by atoms with Crippen LogP contribution in [0.5, 0.6) is 5.75 Å². The molecule has 1 fully saturated rings. The number of thiophene rings is 1. The molecule has 2 aliphatic rings. The summed E-state index contributed by atoms with van der Waals surface area (Å²) in [6.07, 6.45) is 2.13. The average molecular weight is 469 g/mol. The number of hydrogen-bond donors (Lipinski definition) is 0. The van der Waals surface area contributed by atoms with Gasteiger partial charge in [-0.15, -0.1) is 11.3 Å². The van der Waals surface area contributed by atoms with Gasteiger partial charge in [0.05, 0.1) is 42.1 Å². The summed E-state index contributed by atoms with van der Waals surface area (Å²) >= 11 is 1.54. The molecule has 1 saturated heterocycles. The van der Waals surface area contributed by atoms with Gasteiger partial charge in [-0.25, -0.2) is 4.98 Å². The molecule has 2 aliphatic heterocycles. The van der Waals surface area contributed by atoms with Gasteiger partial charge in [-0.3, -0.25) is 9.36 Å². The van der Waals surface area contributed by atoms with Crippen molar-refractivity contribution in [3.8, 4) is 22.1 Å². The van der Waals surface area contributed by atoms with Gasteiger partial charge in [0, 0.05) is 11.1 Å². The van der Waals surface area contributed by atoms with Crippen molar-refractivity contribution in [2.45, 2.75) is 45.6 Å². The quantitative estimate of drug-likeness (QED) is 0.523. The van der Waals surface area contributed by atoms with Crippen LogP contribution in [0.25, 0.3) is 16.4 Å². The number of ether oxygens (including phenoxy) is 2. The normalized spacial score (nSPS) is 17.9. The molecule has 1 aromatic carbocycles. The third-order valence-electron chi connectivity index (χ3n) is 6.47. The molecule has 0 unspecified atom stereocenters. The molecule has 3 aromatic rings. The maximum Gasteiger partial charge on any atom is 0.274 e.